The first-order chi connectivity index (χ1) is 4.41. The molecule has 0 aliphatic carbocycles. The van der Waals surface area contributed by atoms with Gasteiger partial charge in [0.05, 0.1) is 0 Å². The van der Waals surface area contributed by atoms with Crippen LogP contribution in [0, 0.1) is 0 Å². The van der Waals surface area contributed by atoms with Gasteiger partial charge in [-0.15, -0.1) is 0 Å². The van der Waals surface area contributed by atoms with E-state index in [0.717, 1.165) is 0 Å². The fourth-order valence-electron chi connectivity index (χ4n) is 0.137. The van der Waals surface area contributed by atoms with E-state index in [-0.39, 0.29) is 13.2 Å². The van der Waals surface area contributed by atoms with Crippen LogP contribution in [0.25, 0.3) is 0 Å². The van der Waals surface area contributed by atoms with E-state index in [1.807, 2.05) is 0 Å². The smallest absolute Gasteiger partial charge is 0.112 e. The minimum atomic E-state index is -0.0746. The molecule has 0 aliphatic heterocycles. The summed E-state index contributed by atoms with van der Waals surface area (Å²) in [6.45, 7) is -0.130. The van der Waals surface area contributed by atoms with Gasteiger partial charge in [-0.3, -0.25) is 5.26 Å². The van der Waals surface area contributed by atoms with Crippen molar-refractivity contribution in [2.45, 2.75) is 0 Å². The first kappa shape index (κ1) is 8.72. The number of hydrogen-bond donors (Lipinski definition) is 2. The second kappa shape index (κ2) is 7.72. The van der Waals surface area contributed by atoms with Crippen molar-refractivity contribution >= 4 is 0 Å². The third-order valence-electron chi connectivity index (χ3n) is 0.364. The molecule has 0 aromatic heterocycles. The molecular formula is C2H6O7. The van der Waals surface area contributed by atoms with Crippen LogP contribution >= 0.6 is 0 Å². The van der Waals surface area contributed by atoms with Gasteiger partial charge in [-0.1, -0.05) is 0 Å². The maximum absolute atomic E-state index is 7.67. The van der Waals surface area contributed by atoms with Crippen molar-refractivity contribution in [3.8, 4) is 0 Å². The van der Waals surface area contributed by atoms with E-state index in [1.54, 1.807) is 0 Å². The van der Waals surface area contributed by atoms with Crippen LogP contribution < -0.4 is 0 Å². The van der Waals surface area contributed by atoms with Crippen molar-refractivity contribution in [3.05, 3.63) is 0 Å². The van der Waals surface area contributed by atoms with Crippen LogP contribution in [0.4, 0.5) is 0 Å². The van der Waals surface area contributed by atoms with Gasteiger partial charge < -0.3 is 0 Å². The van der Waals surface area contributed by atoms with E-state index >= 15 is 0 Å². The van der Waals surface area contributed by atoms with E-state index in [2.05, 4.69) is 24.9 Å². The quantitative estimate of drug-likeness (QED) is 0.300. The number of rotatable bonds is 6. The lowest BCUT2D eigenvalue weighted by Gasteiger charge is -1.95. The maximum Gasteiger partial charge on any atom is 0.112 e. The SMILES string of the molecule is OOCCOOOOO. The molecule has 0 aromatic rings. The summed E-state index contributed by atoms with van der Waals surface area (Å²) in [6, 6.07) is 0. The molecule has 0 saturated carbocycles. The third kappa shape index (κ3) is 7.72. The molecule has 7 heteroatoms. The first-order valence-electron chi connectivity index (χ1n) is 1.94. The Balaban J connectivity index is 2.60. The highest BCUT2D eigenvalue weighted by Crippen LogP contribution is 1.79. The van der Waals surface area contributed by atoms with Crippen LogP contribution in [0.5, 0.6) is 0 Å². The average Bonchev–Trinajstić information content (AvgIpc) is 1.89. The molecule has 0 amide bonds. The summed E-state index contributed by atoms with van der Waals surface area (Å²) in [6.07, 6.45) is 0. The molecule has 0 atom stereocenters. The molecule has 0 unspecified atom stereocenters. The molecule has 9 heavy (non-hydrogen) atoms. The Labute approximate surface area is 49.9 Å². The van der Waals surface area contributed by atoms with Crippen molar-refractivity contribution in [2.24, 2.45) is 0 Å². The van der Waals surface area contributed by atoms with E-state index in [0.29, 0.717) is 0 Å². The predicted molar refractivity (Wildman–Crippen MR) is 20.4 cm³/mol. The summed E-state index contributed by atoms with van der Waals surface area (Å²) in [4.78, 5) is 7.58. The molecule has 0 spiro atoms. The van der Waals surface area contributed by atoms with E-state index in [4.69, 9.17) is 10.5 Å². The Morgan fingerprint density at radius 3 is 2.33 bits per heavy atom. The standard InChI is InChI=1S/C2H6O7/c3-5-1-2-6-8-9-7-4/h3-4H,1-2H2. The summed E-state index contributed by atoms with van der Waals surface area (Å²) < 4.78 is 0. The van der Waals surface area contributed by atoms with Crippen molar-refractivity contribution in [1.82, 2.24) is 0 Å². The monoisotopic (exact) mass is 142 g/mol. The van der Waals surface area contributed by atoms with E-state index in [9.17, 15) is 0 Å². The highest BCUT2D eigenvalue weighted by atomic mass is 17.8. The van der Waals surface area contributed by atoms with Gasteiger partial charge in [-0.05, 0) is 15.1 Å². The lowest BCUT2D eigenvalue weighted by Crippen LogP contribution is -2.03. The summed E-state index contributed by atoms with van der Waals surface area (Å²) in [7, 11) is 0. The zero-order valence-electron chi connectivity index (χ0n) is 4.35. The summed E-state index contributed by atoms with van der Waals surface area (Å²) >= 11 is 0. The zero-order valence-corrected chi connectivity index (χ0v) is 4.35. The van der Waals surface area contributed by atoms with Crippen LogP contribution in [-0.2, 0) is 24.9 Å². The van der Waals surface area contributed by atoms with Gasteiger partial charge in [0.2, 0.25) is 0 Å². The maximum atomic E-state index is 7.67. The molecule has 0 saturated heterocycles. The van der Waals surface area contributed by atoms with Gasteiger partial charge in [-0.25, -0.2) is 15.0 Å². The minimum absolute atomic E-state index is 0.0557. The Morgan fingerprint density at radius 1 is 1.00 bits per heavy atom. The highest BCUT2D eigenvalue weighted by Gasteiger charge is 1.88. The van der Waals surface area contributed by atoms with Crippen molar-refractivity contribution in [1.29, 1.82) is 0 Å². The fourth-order valence-corrected chi connectivity index (χ4v) is 0.137. The molecule has 0 aromatic carbocycles. The molecule has 0 radical (unpaired) electrons. The van der Waals surface area contributed by atoms with Crippen molar-refractivity contribution in [3.63, 3.8) is 0 Å². The van der Waals surface area contributed by atoms with E-state index < -0.39 is 0 Å². The number of hydrogen-bond acceptors (Lipinski definition) is 7. The first-order valence-corrected chi connectivity index (χ1v) is 1.94. The average molecular weight is 142 g/mol. The summed E-state index contributed by atoms with van der Waals surface area (Å²) in [5.74, 6) is 0. The van der Waals surface area contributed by atoms with E-state index in [1.165, 1.54) is 0 Å². The van der Waals surface area contributed by atoms with Gasteiger partial charge in [0.25, 0.3) is 0 Å². The molecule has 0 heterocycles. The minimum Gasteiger partial charge on any atom is -0.252 e. The molecule has 0 fully saturated rings. The Bertz CT molecular complexity index is 40.2. The highest BCUT2D eigenvalue weighted by molar-refractivity contribution is 4.13. The summed E-state index contributed by atoms with van der Waals surface area (Å²) in [5, 5.41) is 25.0. The van der Waals surface area contributed by atoms with Gasteiger partial charge in [0.1, 0.15) is 13.2 Å². The van der Waals surface area contributed by atoms with Crippen molar-refractivity contribution in [2.75, 3.05) is 13.2 Å². The lowest BCUT2D eigenvalue weighted by atomic mass is 10.8. The Morgan fingerprint density at radius 2 is 1.78 bits per heavy atom. The molecule has 0 rings (SSSR count). The second-order valence-corrected chi connectivity index (χ2v) is 0.866. The molecular weight excluding hydrogens is 136 g/mol. The zero-order chi connectivity index (χ0) is 6.95. The predicted octanol–water partition coefficient (Wildman–Crippen LogP) is -0.240. The van der Waals surface area contributed by atoms with Crippen molar-refractivity contribution < 1.29 is 35.4 Å². The molecule has 56 valence electrons. The van der Waals surface area contributed by atoms with Crippen LogP contribution in [0.1, 0.15) is 0 Å². The summed E-state index contributed by atoms with van der Waals surface area (Å²) in [5.41, 5.74) is 0. The Kier molecular flexibility index (Phi) is 7.48. The van der Waals surface area contributed by atoms with Crippen LogP contribution in [0.3, 0.4) is 0 Å². The fraction of sp³-hybridized carbons (Fsp3) is 1.00. The molecule has 0 aliphatic rings. The third-order valence-corrected chi connectivity index (χ3v) is 0.364. The van der Waals surface area contributed by atoms with Crippen LogP contribution in [0.2, 0.25) is 0 Å². The lowest BCUT2D eigenvalue weighted by molar-refractivity contribution is -0.702. The van der Waals surface area contributed by atoms with Gasteiger partial charge in [0.15, 0.2) is 0 Å². The largest absolute Gasteiger partial charge is 0.252 e. The molecule has 0 bridgehead atoms. The van der Waals surface area contributed by atoms with Gasteiger partial charge in [-0.2, -0.15) is 0 Å². The topological polar surface area (TPSA) is 86.6 Å². The Hall–Kier alpha value is -0.280. The molecule has 2 N–H and O–H groups in total. The van der Waals surface area contributed by atoms with Crippen LogP contribution in [-0.4, -0.2) is 23.7 Å². The van der Waals surface area contributed by atoms with Gasteiger partial charge in [0, 0.05) is 0 Å². The van der Waals surface area contributed by atoms with Gasteiger partial charge >= 0.3 is 0 Å². The second-order valence-electron chi connectivity index (χ2n) is 0.866. The van der Waals surface area contributed by atoms with Crippen LogP contribution in [0.15, 0.2) is 0 Å². The normalized spacial score (nSPS) is 10.0. The molecule has 7 nitrogen and oxygen atoms in total.